The summed E-state index contributed by atoms with van der Waals surface area (Å²) in [6.45, 7) is 2.11. The first-order valence-corrected chi connectivity index (χ1v) is 12.3. The Labute approximate surface area is 213 Å². The van der Waals surface area contributed by atoms with Crippen molar-refractivity contribution < 1.29 is 22.7 Å². The molecule has 0 fully saturated rings. The van der Waals surface area contributed by atoms with Crippen molar-refractivity contribution in [2.24, 2.45) is 0 Å². The number of hydrogen-bond acceptors (Lipinski definition) is 4. The van der Waals surface area contributed by atoms with E-state index < -0.39 is 6.36 Å². The topological polar surface area (TPSA) is 57.0 Å². The third kappa shape index (κ3) is 7.52. The maximum absolute atomic E-state index is 12.4. The predicted molar refractivity (Wildman–Crippen MR) is 136 cm³/mol. The Balaban J connectivity index is 1.26. The lowest BCUT2D eigenvalue weighted by Gasteiger charge is -2.09. The van der Waals surface area contributed by atoms with Crippen molar-refractivity contribution in [2.45, 2.75) is 51.8 Å². The second kappa shape index (κ2) is 11.9. The van der Waals surface area contributed by atoms with Gasteiger partial charge in [-0.05, 0) is 66.6 Å². The van der Waals surface area contributed by atoms with Gasteiger partial charge in [0.1, 0.15) is 17.9 Å². The average Bonchev–Trinajstić information content (AvgIpc) is 3.37. The minimum atomic E-state index is -4.73. The van der Waals surface area contributed by atoms with Gasteiger partial charge in [0.05, 0.1) is 5.69 Å². The number of aromatic nitrogens is 3. The van der Waals surface area contributed by atoms with Crippen LogP contribution >= 0.6 is 0 Å². The van der Waals surface area contributed by atoms with E-state index in [4.69, 9.17) is 0 Å². The van der Waals surface area contributed by atoms with Crippen LogP contribution in [0.5, 0.6) is 5.75 Å². The van der Waals surface area contributed by atoms with Gasteiger partial charge in [-0.2, -0.15) is 0 Å². The molecule has 0 atom stereocenters. The van der Waals surface area contributed by atoms with Gasteiger partial charge >= 0.3 is 6.36 Å². The highest BCUT2D eigenvalue weighted by Crippen LogP contribution is 2.24. The number of alkyl halides is 3. The summed E-state index contributed by atoms with van der Waals surface area (Å²) >= 11 is 0. The number of unbranched alkanes of at least 4 members (excludes halogenated alkanes) is 1. The van der Waals surface area contributed by atoms with Crippen LogP contribution in [0.25, 0.3) is 17.1 Å². The Bertz CT molecular complexity index is 1310. The Kier molecular flexibility index (Phi) is 8.38. The number of rotatable bonds is 11. The quantitative estimate of drug-likeness (QED) is 0.207. The Morgan fingerprint density at radius 1 is 0.919 bits per heavy atom. The average molecular weight is 508 g/mol. The van der Waals surface area contributed by atoms with Crippen LogP contribution in [0.4, 0.5) is 13.2 Å². The van der Waals surface area contributed by atoms with Crippen molar-refractivity contribution in [3.05, 3.63) is 95.8 Å². The zero-order chi connectivity index (χ0) is 26.3. The van der Waals surface area contributed by atoms with E-state index >= 15 is 0 Å². The molecule has 192 valence electrons. The number of halogens is 3. The number of ether oxygens (including phenoxy) is 1. The van der Waals surface area contributed by atoms with Crippen LogP contribution in [0.15, 0.2) is 79.1 Å². The predicted octanol–water partition coefficient (Wildman–Crippen LogP) is 6.92. The van der Waals surface area contributed by atoms with Gasteiger partial charge in [-0.15, -0.1) is 18.3 Å². The lowest BCUT2D eigenvalue weighted by Crippen LogP contribution is -2.17. The minimum absolute atomic E-state index is 0.278. The van der Waals surface area contributed by atoms with Gasteiger partial charge in [0, 0.05) is 18.4 Å². The summed E-state index contributed by atoms with van der Waals surface area (Å²) in [5, 5.41) is 4.43. The summed E-state index contributed by atoms with van der Waals surface area (Å²) in [4.78, 5) is 16.7. The summed E-state index contributed by atoms with van der Waals surface area (Å²) in [5.74, 6) is 0.499. The fourth-order valence-electron chi connectivity index (χ4n) is 4.17. The molecule has 0 radical (unpaired) electrons. The molecule has 3 aromatic carbocycles. The van der Waals surface area contributed by atoms with Crippen molar-refractivity contribution in [1.82, 2.24) is 14.8 Å². The van der Waals surface area contributed by atoms with Crippen molar-refractivity contribution >= 4 is 5.78 Å². The van der Waals surface area contributed by atoms with Crippen LogP contribution in [0.1, 0.15) is 42.9 Å². The van der Waals surface area contributed by atoms with Crippen LogP contribution in [0.3, 0.4) is 0 Å². The van der Waals surface area contributed by atoms with E-state index in [0.29, 0.717) is 24.4 Å². The molecule has 0 aliphatic rings. The molecule has 0 saturated carbocycles. The van der Waals surface area contributed by atoms with Gasteiger partial charge in [-0.3, -0.25) is 4.79 Å². The zero-order valence-corrected chi connectivity index (χ0v) is 20.5. The van der Waals surface area contributed by atoms with E-state index in [9.17, 15) is 18.0 Å². The summed E-state index contributed by atoms with van der Waals surface area (Å²) in [5.41, 5.74) is 4.95. The van der Waals surface area contributed by atoms with Crippen LogP contribution in [0.2, 0.25) is 0 Å². The highest BCUT2D eigenvalue weighted by atomic mass is 19.4. The summed E-state index contributed by atoms with van der Waals surface area (Å²) in [7, 11) is 0. The second-order valence-electron chi connectivity index (χ2n) is 8.80. The standard InChI is InChI=1S/C29H28F3N3O2/c1-2-22-8-4-5-9-24(22)19-26(36)10-6-3-7-21-11-13-23(14-12-21)28-33-20-35(34-28)25-15-17-27(18-16-25)37-29(30,31)32/h4-5,8-9,11-18,20H,2-3,6-7,10,19H2,1H3. The molecule has 8 heteroatoms. The molecule has 0 bridgehead atoms. The lowest BCUT2D eigenvalue weighted by atomic mass is 9.98. The van der Waals surface area contributed by atoms with Crippen molar-refractivity contribution in [3.63, 3.8) is 0 Å². The van der Waals surface area contributed by atoms with E-state index in [1.54, 1.807) is 0 Å². The molecule has 0 N–H and O–H groups in total. The molecule has 37 heavy (non-hydrogen) atoms. The monoisotopic (exact) mass is 507 g/mol. The van der Waals surface area contributed by atoms with Crippen LogP contribution in [-0.2, 0) is 24.1 Å². The number of nitrogens with zero attached hydrogens (tertiary/aromatic N) is 3. The molecule has 4 aromatic rings. The fraction of sp³-hybridized carbons (Fsp3) is 0.276. The number of carbonyl (C=O) groups excluding carboxylic acids is 1. The molecule has 0 aliphatic heterocycles. The second-order valence-corrected chi connectivity index (χ2v) is 8.80. The maximum atomic E-state index is 12.4. The minimum Gasteiger partial charge on any atom is -0.406 e. The summed E-state index contributed by atoms with van der Waals surface area (Å²) in [6.07, 6.45) is 1.47. The molecule has 5 nitrogen and oxygen atoms in total. The Morgan fingerprint density at radius 2 is 1.62 bits per heavy atom. The van der Waals surface area contributed by atoms with Gasteiger partial charge < -0.3 is 4.74 Å². The van der Waals surface area contributed by atoms with Gasteiger partial charge in [-0.1, -0.05) is 55.5 Å². The van der Waals surface area contributed by atoms with Gasteiger partial charge in [-0.25, -0.2) is 9.67 Å². The maximum Gasteiger partial charge on any atom is 0.573 e. The molecule has 0 aliphatic carbocycles. The molecular formula is C29H28F3N3O2. The van der Waals surface area contributed by atoms with Gasteiger partial charge in [0.2, 0.25) is 0 Å². The molecule has 0 amide bonds. The first kappa shape index (κ1) is 26.1. The van der Waals surface area contributed by atoms with E-state index in [2.05, 4.69) is 27.8 Å². The van der Waals surface area contributed by atoms with Crippen molar-refractivity contribution in [2.75, 3.05) is 0 Å². The number of aryl methyl sites for hydroxylation is 2. The third-order valence-electron chi connectivity index (χ3n) is 6.10. The zero-order valence-electron chi connectivity index (χ0n) is 20.5. The van der Waals surface area contributed by atoms with E-state index in [0.717, 1.165) is 36.8 Å². The molecule has 0 saturated heterocycles. The van der Waals surface area contributed by atoms with E-state index in [1.807, 2.05) is 42.5 Å². The first-order valence-electron chi connectivity index (χ1n) is 12.3. The molecule has 0 unspecified atom stereocenters. The lowest BCUT2D eigenvalue weighted by molar-refractivity contribution is -0.274. The SMILES string of the molecule is CCc1ccccc1CC(=O)CCCCc1ccc(-c2ncn(-c3ccc(OC(F)(F)F)cc3)n2)cc1. The number of ketones is 1. The van der Waals surface area contributed by atoms with Crippen LogP contribution in [-0.4, -0.2) is 26.9 Å². The third-order valence-corrected chi connectivity index (χ3v) is 6.10. The highest BCUT2D eigenvalue weighted by Gasteiger charge is 2.31. The van der Waals surface area contributed by atoms with Crippen LogP contribution < -0.4 is 4.74 Å². The van der Waals surface area contributed by atoms with Crippen LogP contribution in [0, 0.1) is 0 Å². The van der Waals surface area contributed by atoms with Gasteiger partial charge in [0.25, 0.3) is 0 Å². The largest absolute Gasteiger partial charge is 0.573 e. The van der Waals surface area contributed by atoms with Crippen molar-refractivity contribution in [3.8, 4) is 22.8 Å². The normalized spacial score (nSPS) is 11.5. The smallest absolute Gasteiger partial charge is 0.406 e. The van der Waals surface area contributed by atoms with E-state index in [-0.39, 0.29) is 11.5 Å². The highest BCUT2D eigenvalue weighted by molar-refractivity contribution is 5.81. The summed E-state index contributed by atoms with van der Waals surface area (Å²) in [6, 6.07) is 21.5. The number of Topliss-reactive ketones (excluding diaryl/α,β-unsaturated/α-hetero) is 1. The van der Waals surface area contributed by atoms with Crippen molar-refractivity contribution in [1.29, 1.82) is 0 Å². The molecule has 1 heterocycles. The Morgan fingerprint density at radius 3 is 2.30 bits per heavy atom. The Hall–Kier alpha value is -3.94. The first-order chi connectivity index (χ1) is 17.8. The van der Waals surface area contributed by atoms with Gasteiger partial charge in [0.15, 0.2) is 5.82 Å². The number of benzene rings is 3. The van der Waals surface area contributed by atoms with E-state index in [1.165, 1.54) is 46.4 Å². The molecular weight excluding hydrogens is 479 g/mol. The summed E-state index contributed by atoms with van der Waals surface area (Å²) < 4.78 is 42.4. The number of hydrogen-bond donors (Lipinski definition) is 0. The molecule has 0 spiro atoms. The molecule has 4 rings (SSSR count). The number of carbonyl (C=O) groups is 1. The molecule has 1 aromatic heterocycles. The fourth-order valence-corrected chi connectivity index (χ4v) is 4.17.